The highest BCUT2D eigenvalue weighted by atomic mass is 19.1. The third-order valence-corrected chi connectivity index (χ3v) is 2.90. The van der Waals surface area contributed by atoms with Crippen molar-refractivity contribution in [2.75, 3.05) is 0 Å². The Morgan fingerprint density at radius 2 is 1.70 bits per heavy atom. The Kier molecular flexibility index (Phi) is 4.85. The lowest BCUT2D eigenvalue weighted by Gasteiger charge is -2.14. The van der Waals surface area contributed by atoms with Gasteiger partial charge in [0.15, 0.2) is 6.10 Å². The van der Waals surface area contributed by atoms with Gasteiger partial charge in [-0.15, -0.1) is 0 Å². The highest BCUT2D eigenvalue weighted by Gasteiger charge is 2.18. The quantitative estimate of drug-likeness (QED) is 0.880. The first-order chi connectivity index (χ1) is 9.65. The second-order valence-electron chi connectivity index (χ2n) is 4.45. The molecule has 0 unspecified atom stereocenters. The van der Waals surface area contributed by atoms with E-state index in [1.165, 1.54) is 12.1 Å². The monoisotopic (exact) mass is 274 g/mol. The van der Waals surface area contributed by atoms with Crippen LogP contribution in [0.2, 0.25) is 0 Å². The van der Waals surface area contributed by atoms with Crippen LogP contribution in [-0.2, 0) is 22.6 Å². The molecule has 1 atom stereocenters. The van der Waals surface area contributed by atoms with Gasteiger partial charge < -0.3 is 9.84 Å². The summed E-state index contributed by atoms with van der Waals surface area (Å²) < 4.78 is 18.2. The summed E-state index contributed by atoms with van der Waals surface area (Å²) in [5.74, 6) is -1.33. The lowest BCUT2D eigenvalue weighted by molar-refractivity contribution is -0.151. The molecule has 0 spiro atoms. The third-order valence-electron chi connectivity index (χ3n) is 2.90. The molecule has 0 aliphatic carbocycles. The van der Waals surface area contributed by atoms with E-state index in [9.17, 15) is 14.3 Å². The van der Waals surface area contributed by atoms with Crippen molar-refractivity contribution < 1.29 is 19.0 Å². The maximum absolute atomic E-state index is 12.8. The van der Waals surface area contributed by atoms with Gasteiger partial charge in [-0.2, -0.15) is 0 Å². The Labute approximate surface area is 116 Å². The molecule has 4 heteroatoms. The molecule has 2 aromatic rings. The van der Waals surface area contributed by atoms with Crippen LogP contribution in [0.3, 0.4) is 0 Å². The number of carboxylic acids is 1. The molecule has 0 fully saturated rings. The summed E-state index contributed by atoms with van der Waals surface area (Å²) in [5.41, 5.74) is 1.64. The van der Waals surface area contributed by atoms with Crippen molar-refractivity contribution in [2.45, 2.75) is 19.1 Å². The topological polar surface area (TPSA) is 46.5 Å². The van der Waals surface area contributed by atoms with Gasteiger partial charge in [0.1, 0.15) is 5.82 Å². The molecule has 1 N–H and O–H groups in total. The molecule has 0 aliphatic heterocycles. The zero-order chi connectivity index (χ0) is 14.4. The Morgan fingerprint density at radius 3 is 2.30 bits per heavy atom. The van der Waals surface area contributed by atoms with Crippen LogP contribution in [0.4, 0.5) is 4.39 Å². The Hall–Kier alpha value is -2.20. The minimum Gasteiger partial charge on any atom is -0.479 e. The Balaban J connectivity index is 1.96. The molecule has 0 bridgehead atoms. The highest BCUT2D eigenvalue weighted by Crippen LogP contribution is 2.10. The lowest BCUT2D eigenvalue weighted by atomic mass is 10.1. The van der Waals surface area contributed by atoms with Crippen LogP contribution in [-0.4, -0.2) is 17.2 Å². The number of hydrogen-bond donors (Lipinski definition) is 1. The molecule has 0 saturated heterocycles. The van der Waals surface area contributed by atoms with Crippen molar-refractivity contribution >= 4 is 5.97 Å². The van der Waals surface area contributed by atoms with Gasteiger partial charge in [-0.1, -0.05) is 42.5 Å². The molecular formula is C16H15FO3. The number of aliphatic carboxylic acids is 1. The second kappa shape index (κ2) is 6.82. The maximum Gasteiger partial charge on any atom is 0.333 e. The number of carbonyl (C=O) groups is 1. The smallest absolute Gasteiger partial charge is 0.333 e. The summed E-state index contributed by atoms with van der Waals surface area (Å²) in [6, 6.07) is 15.1. The minimum atomic E-state index is -1.00. The molecule has 0 aliphatic rings. The molecule has 0 amide bonds. The van der Waals surface area contributed by atoms with E-state index in [-0.39, 0.29) is 12.4 Å². The van der Waals surface area contributed by atoms with Gasteiger partial charge in [-0.3, -0.25) is 0 Å². The molecule has 0 heterocycles. The molecule has 3 nitrogen and oxygen atoms in total. The number of carboxylic acid groups (broad SMARTS) is 1. The van der Waals surface area contributed by atoms with Crippen LogP contribution in [0, 0.1) is 5.82 Å². The molecule has 0 aromatic heterocycles. The van der Waals surface area contributed by atoms with Crippen molar-refractivity contribution in [2.24, 2.45) is 0 Å². The number of rotatable bonds is 6. The van der Waals surface area contributed by atoms with E-state index >= 15 is 0 Å². The van der Waals surface area contributed by atoms with Crippen LogP contribution in [0.5, 0.6) is 0 Å². The first-order valence-corrected chi connectivity index (χ1v) is 6.28. The number of halogens is 1. The van der Waals surface area contributed by atoms with E-state index in [1.54, 1.807) is 12.1 Å². The van der Waals surface area contributed by atoms with Gasteiger partial charge in [0, 0.05) is 6.42 Å². The summed E-state index contributed by atoms with van der Waals surface area (Å²) in [6.45, 7) is 0.143. The van der Waals surface area contributed by atoms with Gasteiger partial charge in [0.25, 0.3) is 0 Å². The summed E-state index contributed by atoms with van der Waals surface area (Å²) in [4.78, 5) is 11.2. The standard InChI is InChI=1S/C16H15FO3/c17-14-8-6-13(7-9-14)11-20-15(16(18)19)10-12-4-2-1-3-5-12/h1-9,15H,10-11H2,(H,18,19)/t15-/m0/s1. The lowest BCUT2D eigenvalue weighted by Crippen LogP contribution is -2.26. The first-order valence-electron chi connectivity index (χ1n) is 6.28. The Morgan fingerprint density at radius 1 is 1.05 bits per heavy atom. The van der Waals surface area contributed by atoms with Gasteiger partial charge in [0.2, 0.25) is 0 Å². The average molecular weight is 274 g/mol. The SMILES string of the molecule is O=C(O)[C@H](Cc1ccccc1)OCc1ccc(F)cc1. The zero-order valence-electron chi connectivity index (χ0n) is 10.8. The van der Waals surface area contributed by atoms with E-state index < -0.39 is 12.1 Å². The number of ether oxygens (including phenoxy) is 1. The van der Waals surface area contributed by atoms with Crippen molar-refractivity contribution in [1.29, 1.82) is 0 Å². The normalized spacial score (nSPS) is 12.1. The molecule has 2 rings (SSSR count). The summed E-state index contributed by atoms with van der Waals surface area (Å²) in [7, 11) is 0. The summed E-state index contributed by atoms with van der Waals surface area (Å²) >= 11 is 0. The van der Waals surface area contributed by atoms with E-state index in [1.807, 2.05) is 30.3 Å². The summed E-state index contributed by atoms with van der Waals surface area (Å²) in [5, 5.41) is 9.17. The van der Waals surface area contributed by atoms with Crippen molar-refractivity contribution in [1.82, 2.24) is 0 Å². The van der Waals surface area contributed by atoms with Crippen molar-refractivity contribution in [3.63, 3.8) is 0 Å². The fourth-order valence-corrected chi connectivity index (χ4v) is 1.82. The molecule has 0 saturated carbocycles. The van der Waals surface area contributed by atoms with Crippen LogP contribution in [0.25, 0.3) is 0 Å². The van der Waals surface area contributed by atoms with Gasteiger partial charge in [0.05, 0.1) is 6.61 Å². The van der Waals surface area contributed by atoms with Gasteiger partial charge in [-0.25, -0.2) is 9.18 Å². The Bertz CT molecular complexity index is 552. The van der Waals surface area contributed by atoms with Gasteiger partial charge >= 0.3 is 5.97 Å². The van der Waals surface area contributed by atoms with Gasteiger partial charge in [-0.05, 0) is 23.3 Å². The molecule has 104 valence electrons. The van der Waals surface area contributed by atoms with Crippen LogP contribution in [0.15, 0.2) is 54.6 Å². The summed E-state index contributed by atoms with van der Waals surface area (Å²) in [6.07, 6.45) is -0.611. The third kappa shape index (κ3) is 4.17. The fraction of sp³-hybridized carbons (Fsp3) is 0.188. The molecule has 0 radical (unpaired) electrons. The zero-order valence-corrected chi connectivity index (χ0v) is 10.8. The van der Waals surface area contributed by atoms with E-state index in [2.05, 4.69) is 0 Å². The molecule has 20 heavy (non-hydrogen) atoms. The van der Waals surface area contributed by atoms with Crippen LogP contribution < -0.4 is 0 Å². The van der Waals surface area contributed by atoms with Crippen molar-refractivity contribution in [3.8, 4) is 0 Å². The average Bonchev–Trinajstić information content (AvgIpc) is 2.46. The van der Waals surface area contributed by atoms with E-state index in [0.29, 0.717) is 6.42 Å². The van der Waals surface area contributed by atoms with E-state index in [0.717, 1.165) is 11.1 Å². The van der Waals surface area contributed by atoms with Crippen molar-refractivity contribution in [3.05, 3.63) is 71.5 Å². The molecular weight excluding hydrogens is 259 g/mol. The van der Waals surface area contributed by atoms with Crippen LogP contribution >= 0.6 is 0 Å². The highest BCUT2D eigenvalue weighted by molar-refractivity contribution is 5.72. The van der Waals surface area contributed by atoms with Crippen LogP contribution in [0.1, 0.15) is 11.1 Å². The second-order valence-corrected chi connectivity index (χ2v) is 4.45. The number of benzene rings is 2. The first kappa shape index (κ1) is 14.2. The minimum absolute atomic E-state index is 0.143. The molecule has 2 aromatic carbocycles. The predicted octanol–water partition coefficient (Wildman–Crippen LogP) is 3.04. The largest absolute Gasteiger partial charge is 0.479 e. The number of hydrogen-bond acceptors (Lipinski definition) is 2. The fourth-order valence-electron chi connectivity index (χ4n) is 1.82. The predicted molar refractivity (Wildman–Crippen MR) is 72.8 cm³/mol. The maximum atomic E-state index is 12.8. The van der Waals surface area contributed by atoms with E-state index in [4.69, 9.17) is 4.74 Å².